The minimum absolute atomic E-state index is 0.454. The summed E-state index contributed by atoms with van der Waals surface area (Å²) in [6.07, 6.45) is 6.61. The van der Waals surface area contributed by atoms with Crippen LogP contribution in [0.1, 0.15) is 43.2 Å². The molecular formula is C17H18N6O. The number of nitrogens with one attached hydrogen (secondary N) is 1. The quantitative estimate of drug-likeness (QED) is 0.746. The molecule has 0 aliphatic heterocycles. The maximum atomic E-state index is 5.66. The topological polar surface area (TPSA) is 89.6 Å². The van der Waals surface area contributed by atoms with Crippen molar-refractivity contribution < 1.29 is 4.42 Å². The predicted molar refractivity (Wildman–Crippen MR) is 88.2 cm³/mol. The van der Waals surface area contributed by atoms with Gasteiger partial charge in [0.1, 0.15) is 5.82 Å². The first kappa shape index (κ1) is 14.7. The van der Waals surface area contributed by atoms with Gasteiger partial charge in [-0.25, -0.2) is 9.97 Å². The van der Waals surface area contributed by atoms with Crippen LogP contribution in [0.15, 0.2) is 35.0 Å². The molecule has 1 aliphatic rings. The van der Waals surface area contributed by atoms with Gasteiger partial charge in [-0.3, -0.25) is 4.98 Å². The average molecular weight is 322 g/mol. The second-order valence-electron chi connectivity index (χ2n) is 5.82. The summed E-state index contributed by atoms with van der Waals surface area (Å²) in [6.45, 7) is 2.53. The molecule has 7 heteroatoms. The molecule has 1 N–H and O–H groups in total. The highest BCUT2D eigenvalue weighted by atomic mass is 16.4. The van der Waals surface area contributed by atoms with Crippen molar-refractivity contribution in [3.8, 4) is 11.4 Å². The third-order valence-electron chi connectivity index (χ3n) is 3.91. The summed E-state index contributed by atoms with van der Waals surface area (Å²) in [7, 11) is 0. The molecule has 24 heavy (non-hydrogen) atoms. The molecule has 0 atom stereocenters. The van der Waals surface area contributed by atoms with Gasteiger partial charge in [0.15, 0.2) is 5.82 Å². The van der Waals surface area contributed by atoms with Crippen molar-refractivity contribution in [1.29, 1.82) is 0 Å². The first-order chi connectivity index (χ1) is 11.8. The Bertz CT molecular complexity index is 828. The SMILES string of the molecule is CCc1cc(NCc2nnc(C3CC3)o2)nc(-c2ccncc2)n1. The number of rotatable bonds is 6. The van der Waals surface area contributed by atoms with Crippen molar-refractivity contribution in [2.45, 2.75) is 38.6 Å². The lowest BCUT2D eigenvalue weighted by Crippen LogP contribution is -2.05. The van der Waals surface area contributed by atoms with Crippen LogP contribution in [-0.2, 0) is 13.0 Å². The number of aromatic nitrogens is 5. The largest absolute Gasteiger partial charge is 0.423 e. The molecule has 0 amide bonds. The Morgan fingerprint density at radius 2 is 2.00 bits per heavy atom. The van der Waals surface area contributed by atoms with E-state index in [-0.39, 0.29) is 0 Å². The van der Waals surface area contributed by atoms with E-state index < -0.39 is 0 Å². The Morgan fingerprint density at radius 3 is 2.75 bits per heavy atom. The predicted octanol–water partition coefficient (Wildman–Crippen LogP) is 2.97. The van der Waals surface area contributed by atoms with Gasteiger partial charge in [0.05, 0.1) is 6.54 Å². The highest BCUT2D eigenvalue weighted by Gasteiger charge is 2.29. The van der Waals surface area contributed by atoms with Crippen LogP contribution in [0.4, 0.5) is 5.82 Å². The minimum Gasteiger partial charge on any atom is -0.423 e. The Labute approximate surface area is 139 Å². The van der Waals surface area contributed by atoms with Crippen molar-refractivity contribution in [3.05, 3.63) is 48.1 Å². The van der Waals surface area contributed by atoms with E-state index in [0.29, 0.717) is 24.2 Å². The molecular weight excluding hydrogens is 304 g/mol. The van der Waals surface area contributed by atoms with E-state index in [0.717, 1.165) is 42.2 Å². The van der Waals surface area contributed by atoms with Crippen LogP contribution in [0.5, 0.6) is 0 Å². The summed E-state index contributed by atoms with van der Waals surface area (Å²) in [5.41, 5.74) is 1.92. The Balaban J connectivity index is 1.53. The zero-order valence-corrected chi connectivity index (χ0v) is 13.4. The summed E-state index contributed by atoms with van der Waals surface area (Å²) < 4.78 is 5.66. The summed E-state index contributed by atoms with van der Waals surface area (Å²) in [6, 6.07) is 5.75. The summed E-state index contributed by atoms with van der Waals surface area (Å²) in [5.74, 6) is 3.24. The number of pyridine rings is 1. The van der Waals surface area contributed by atoms with Crippen LogP contribution in [0, 0.1) is 0 Å². The third-order valence-corrected chi connectivity index (χ3v) is 3.91. The lowest BCUT2D eigenvalue weighted by atomic mass is 10.2. The summed E-state index contributed by atoms with van der Waals surface area (Å²) >= 11 is 0. The Hall–Kier alpha value is -2.83. The molecule has 3 aromatic rings. The van der Waals surface area contributed by atoms with Crippen LogP contribution in [0.25, 0.3) is 11.4 Å². The van der Waals surface area contributed by atoms with E-state index in [1.54, 1.807) is 12.4 Å². The molecule has 7 nitrogen and oxygen atoms in total. The molecule has 1 fully saturated rings. The molecule has 0 aromatic carbocycles. The molecule has 3 heterocycles. The Morgan fingerprint density at radius 1 is 1.17 bits per heavy atom. The van der Waals surface area contributed by atoms with E-state index in [1.165, 1.54) is 0 Å². The molecule has 122 valence electrons. The maximum absolute atomic E-state index is 5.66. The maximum Gasteiger partial charge on any atom is 0.235 e. The van der Waals surface area contributed by atoms with Crippen molar-refractivity contribution in [2.24, 2.45) is 0 Å². The standard InChI is InChI=1S/C17H18N6O/c1-2-13-9-14(21-16(20-13)11-5-7-18-8-6-11)19-10-15-22-23-17(24-15)12-3-4-12/h5-9,12H,2-4,10H2,1H3,(H,19,20,21). The van der Waals surface area contributed by atoms with Gasteiger partial charge in [0.25, 0.3) is 0 Å². The first-order valence-electron chi connectivity index (χ1n) is 8.16. The number of hydrogen-bond donors (Lipinski definition) is 1. The zero-order chi connectivity index (χ0) is 16.4. The zero-order valence-electron chi connectivity index (χ0n) is 13.4. The van der Waals surface area contributed by atoms with Gasteiger partial charge in [-0.05, 0) is 31.4 Å². The fourth-order valence-corrected chi connectivity index (χ4v) is 2.40. The minimum atomic E-state index is 0.454. The molecule has 0 saturated heterocycles. The smallest absolute Gasteiger partial charge is 0.235 e. The number of aryl methyl sites for hydroxylation is 1. The number of nitrogens with zero attached hydrogens (tertiary/aromatic N) is 5. The fraction of sp³-hybridized carbons (Fsp3) is 0.353. The molecule has 1 aliphatic carbocycles. The van der Waals surface area contributed by atoms with Gasteiger partial charge in [0, 0.05) is 35.6 Å². The number of hydrogen-bond acceptors (Lipinski definition) is 7. The lowest BCUT2D eigenvalue weighted by Gasteiger charge is -2.08. The van der Waals surface area contributed by atoms with Gasteiger partial charge < -0.3 is 9.73 Å². The number of anilines is 1. The second-order valence-corrected chi connectivity index (χ2v) is 5.82. The second kappa shape index (κ2) is 6.35. The van der Waals surface area contributed by atoms with Crippen LogP contribution >= 0.6 is 0 Å². The monoisotopic (exact) mass is 322 g/mol. The highest BCUT2D eigenvalue weighted by Crippen LogP contribution is 2.39. The van der Waals surface area contributed by atoms with Gasteiger partial charge >= 0.3 is 0 Å². The summed E-state index contributed by atoms with van der Waals surface area (Å²) in [5, 5.41) is 11.4. The van der Waals surface area contributed by atoms with Crippen molar-refractivity contribution in [1.82, 2.24) is 25.1 Å². The molecule has 0 unspecified atom stereocenters. The van der Waals surface area contributed by atoms with Gasteiger partial charge in [-0.1, -0.05) is 6.92 Å². The van der Waals surface area contributed by atoms with E-state index >= 15 is 0 Å². The normalized spacial score (nSPS) is 13.9. The van der Waals surface area contributed by atoms with Crippen molar-refractivity contribution in [3.63, 3.8) is 0 Å². The molecule has 0 spiro atoms. The third kappa shape index (κ3) is 3.24. The Kier molecular flexibility index (Phi) is 3.90. The lowest BCUT2D eigenvalue weighted by molar-refractivity contribution is 0.457. The van der Waals surface area contributed by atoms with Crippen LogP contribution in [0.2, 0.25) is 0 Å². The van der Waals surface area contributed by atoms with E-state index in [2.05, 4.69) is 37.4 Å². The molecule has 3 aromatic heterocycles. The van der Waals surface area contributed by atoms with Gasteiger partial charge in [-0.15, -0.1) is 10.2 Å². The van der Waals surface area contributed by atoms with Crippen LogP contribution in [0.3, 0.4) is 0 Å². The average Bonchev–Trinajstić information content (AvgIpc) is 3.39. The molecule has 1 saturated carbocycles. The van der Waals surface area contributed by atoms with Crippen molar-refractivity contribution >= 4 is 5.82 Å². The molecule has 0 radical (unpaired) electrons. The summed E-state index contributed by atoms with van der Waals surface area (Å²) in [4.78, 5) is 13.2. The van der Waals surface area contributed by atoms with Crippen molar-refractivity contribution in [2.75, 3.05) is 5.32 Å². The molecule has 4 rings (SSSR count). The van der Waals surface area contributed by atoms with E-state index in [1.807, 2.05) is 18.2 Å². The fourth-order valence-electron chi connectivity index (χ4n) is 2.40. The first-order valence-corrected chi connectivity index (χ1v) is 8.16. The van der Waals surface area contributed by atoms with Crippen LogP contribution < -0.4 is 5.32 Å². The van der Waals surface area contributed by atoms with Gasteiger partial charge in [0.2, 0.25) is 11.8 Å². The van der Waals surface area contributed by atoms with Crippen LogP contribution in [-0.4, -0.2) is 25.1 Å². The highest BCUT2D eigenvalue weighted by molar-refractivity contribution is 5.56. The van der Waals surface area contributed by atoms with E-state index in [9.17, 15) is 0 Å². The van der Waals surface area contributed by atoms with E-state index in [4.69, 9.17) is 4.42 Å². The molecule has 0 bridgehead atoms. The van der Waals surface area contributed by atoms with Gasteiger partial charge in [-0.2, -0.15) is 0 Å².